The van der Waals surface area contributed by atoms with Gasteiger partial charge in [-0.1, -0.05) is 11.6 Å². The Morgan fingerprint density at radius 3 is 2.36 bits per heavy atom. The van der Waals surface area contributed by atoms with Crippen LogP contribution in [0.3, 0.4) is 0 Å². The van der Waals surface area contributed by atoms with E-state index in [0.29, 0.717) is 12.3 Å². The number of aromatic nitrogens is 2. The Bertz CT molecular complexity index is 792. The number of halogens is 4. The van der Waals surface area contributed by atoms with Crippen LogP contribution in [0.25, 0.3) is 0 Å². The van der Waals surface area contributed by atoms with Crippen LogP contribution in [0, 0.1) is 0 Å². The molecule has 2 aromatic rings. The number of rotatable bonds is 3. The predicted octanol–water partition coefficient (Wildman–Crippen LogP) is 2.83. The van der Waals surface area contributed by atoms with E-state index in [1.54, 1.807) is 0 Å². The molecule has 0 fully saturated rings. The van der Waals surface area contributed by atoms with E-state index in [-0.39, 0.29) is 10.7 Å². The van der Waals surface area contributed by atoms with Crippen LogP contribution in [0.4, 0.5) is 13.2 Å². The number of pyridine rings is 2. The molecule has 1 N–H and O–H groups in total. The monoisotopic (exact) mass is 352 g/mol. The SMILES string of the molecule is O=S(=O)(Cc1ncc(Cl)cc1O)c1ccc(C(F)(F)F)nc1. The van der Waals surface area contributed by atoms with Gasteiger partial charge in [-0.3, -0.25) is 9.97 Å². The maximum atomic E-state index is 12.4. The van der Waals surface area contributed by atoms with E-state index in [2.05, 4.69) is 9.97 Å². The lowest BCUT2D eigenvalue weighted by atomic mass is 10.3. The van der Waals surface area contributed by atoms with Gasteiger partial charge in [-0.2, -0.15) is 13.2 Å². The number of hydrogen-bond acceptors (Lipinski definition) is 5. The van der Waals surface area contributed by atoms with Gasteiger partial charge in [0, 0.05) is 18.5 Å². The average molecular weight is 353 g/mol. The Kier molecular flexibility index (Phi) is 4.30. The lowest BCUT2D eigenvalue weighted by Crippen LogP contribution is -2.11. The Morgan fingerprint density at radius 2 is 1.86 bits per heavy atom. The summed E-state index contributed by atoms with van der Waals surface area (Å²) in [6, 6.07) is 2.49. The van der Waals surface area contributed by atoms with Crippen LogP contribution in [0.2, 0.25) is 5.02 Å². The van der Waals surface area contributed by atoms with E-state index < -0.39 is 38.1 Å². The highest BCUT2D eigenvalue weighted by Gasteiger charge is 2.32. The minimum Gasteiger partial charge on any atom is -0.506 e. The zero-order valence-electron chi connectivity index (χ0n) is 10.7. The molecule has 0 radical (unpaired) electrons. The van der Waals surface area contributed by atoms with E-state index in [9.17, 15) is 26.7 Å². The maximum absolute atomic E-state index is 12.4. The van der Waals surface area contributed by atoms with Gasteiger partial charge in [-0.05, 0) is 12.1 Å². The zero-order valence-corrected chi connectivity index (χ0v) is 12.2. The van der Waals surface area contributed by atoms with Crippen molar-refractivity contribution in [3.8, 4) is 5.75 Å². The van der Waals surface area contributed by atoms with Crippen molar-refractivity contribution in [2.75, 3.05) is 0 Å². The summed E-state index contributed by atoms with van der Waals surface area (Å²) in [5, 5.41) is 9.70. The number of sulfone groups is 1. The molecule has 2 heterocycles. The summed E-state index contributed by atoms with van der Waals surface area (Å²) in [5.74, 6) is -1.11. The van der Waals surface area contributed by atoms with Crippen molar-refractivity contribution in [3.63, 3.8) is 0 Å². The molecule has 0 saturated heterocycles. The van der Waals surface area contributed by atoms with E-state index in [1.165, 1.54) is 0 Å². The molecule has 0 unspecified atom stereocenters. The van der Waals surface area contributed by atoms with Gasteiger partial charge < -0.3 is 5.11 Å². The Morgan fingerprint density at radius 1 is 1.18 bits per heavy atom. The summed E-state index contributed by atoms with van der Waals surface area (Å²) in [5.41, 5.74) is -1.36. The molecule has 5 nitrogen and oxygen atoms in total. The summed E-state index contributed by atoms with van der Waals surface area (Å²) in [7, 11) is -4.01. The molecule has 0 atom stereocenters. The molecule has 2 rings (SSSR count). The summed E-state index contributed by atoms with van der Waals surface area (Å²) in [4.78, 5) is 6.36. The predicted molar refractivity (Wildman–Crippen MR) is 71.0 cm³/mol. The van der Waals surface area contributed by atoms with Crippen molar-refractivity contribution in [2.24, 2.45) is 0 Å². The largest absolute Gasteiger partial charge is 0.506 e. The molecule has 118 valence electrons. The van der Waals surface area contributed by atoms with Gasteiger partial charge in [0.05, 0.1) is 15.6 Å². The average Bonchev–Trinajstić information content (AvgIpc) is 2.41. The quantitative estimate of drug-likeness (QED) is 0.918. The van der Waals surface area contributed by atoms with Gasteiger partial charge >= 0.3 is 6.18 Å². The third kappa shape index (κ3) is 3.66. The van der Waals surface area contributed by atoms with Crippen LogP contribution in [0.1, 0.15) is 11.4 Å². The van der Waals surface area contributed by atoms with Crippen LogP contribution >= 0.6 is 11.6 Å². The first-order valence-corrected chi connectivity index (χ1v) is 7.72. The summed E-state index contributed by atoms with van der Waals surface area (Å²) in [6.07, 6.45) is -2.89. The zero-order chi connectivity index (χ0) is 16.5. The number of alkyl halides is 3. The van der Waals surface area contributed by atoms with Crippen LogP contribution < -0.4 is 0 Å². The fraction of sp³-hybridized carbons (Fsp3) is 0.167. The van der Waals surface area contributed by atoms with Gasteiger partial charge in [-0.15, -0.1) is 0 Å². The molecule has 0 amide bonds. The smallest absolute Gasteiger partial charge is 0.433 e. The van der Waals surface area contributed by atoms with Crippen LogP contribution in [-0.2, 0) is 21.8 Å². The summed E-state index contributed by atoms with van der Waals surface area (Å²) < 4.78 is 61.3. The second-order valence-electron chi connectivity index (χ2n) is 4.26. The molecule has 0 saturated carbocycles. The highest BCUT2D eigenvalue weighted by molar-refractivity contribution is 7.90. The number of hydrogen-bond donors (Lipinski definition) is 1. The first-order valence-electron chi connectivity index (χ1n) is 5.69. The van der Waals surface area contributed by atoms with Crippen LogP contribution in [0.5, 0.6) is 5.75 Å². The second kappa shape index (κ2) is 5.73. The third-order valence-corrected chi connectivity index (χ3v) is 4.45. The lowest BCUT2D eigenvalue weighted by Gasteiger charge is -2.08. The molecule has 0 aliphatic heterocycles. The van der Waals surface area contributed by atoms with Gasteiger partial charge in [0.1, 0.15) is 17.2 Å². The molecule has 10 heteroatoms. The van der Waals surface area contributed by atoms with Gasteiger partial charge in [0.15, 0.2) is 9.84 Å². The first-order chi connectivity index (χ1) is 10.1. The Labute approximate surface area is 128 Å². The highest BCUT2D eigenvalue weighted by atomic mass is 35.5. The van der Waals surface area contributed by atoms with E-state index in [1.807, 2.05) is 0 Å². The minimum absolute atomic E-state index is 0.120. The minimum atomic E-state index is -4.65. The van der Waals surface area contributed by atoms with Crippen molar-refractivity contribution >= 4 is 21.4 Å². The number of aromatic hydroxyl groups is 1. The Balaban J connectivity index is 2.31. The molecule has 0 aromatic carbocycles. The van der Waals surface area contributed by atoms with E-state index in [4.69, 9.17) is 11.6 Å². The van der Waals surface area contributed by atoms with Crippen molar-refractivity contribution in [1.82, 2.24) is 9.97 Å². The standard InChI is InChI=1S/C12H8ClF3N2O3S/c13-7-3-10(19)9(17-4-7)6-22(20,21)8-1-2-11(18-5-8)12(14,15)16/h1-5,19H,6H2. The van der Waals surface area contributed by atoms with Crippen molar-refractivity contribution in [3.05, 3.63) is 47.0 Å². The molecule has 0 aliphatic rings. The summed E-state index contributed by atoms with van der Waals surface area (Å²) >= 11 is 5.58. The summed E-state index contributed by atoms with van der Waals surface area (Å²) in [6.45, 7) is 0. The molecule has 0 spiro atoms. The molecular weight excluding hydrogens is 345 g/mol. The molecule has 0 aliphatic carbocycles. The highest BCUT2D eigenvalue weighted by Crippen LogP contribution is 2.29. The van der Waals surface area contributed by atoms with Gasteiger partial charge in [-0.25, -0.2) is 8.42 Å². The normalized spacial score (nSPS) is 12.4. The molecular formula is C12H8ClF3N2O3S. The van der Waals surface area contributed by atoms with Gasteiger partial charge in [0.2, 0.25) is 0 Å². The van der Waals surface area contributed by atoms with Gasteiger partial charge in [0.25, 0.3) is 0 Å². The topological polar surface area (TPSA) is 80.2 Å². The lowest BCUT2D eigenvalue weighted by molar-refractivity contribution is -0.141. The molecule has 2 aromatic heterocycles. The fourth-order valence-corrected chi connectivity index (χ4v) is 2.95. The fourth-order valence-electron chi connectivity index (χ4n) is 1.56. The van der Waals surface area contributed by atoms with Crippen molar-refractivity contribution in [2.45, 2.75) is 16.8 Å². The van der Waals surface area contributed by atoms with Crippen LogP contribution in [-0.4, -0.2) is 23.5 Å². The first kappa shape index (κ1) is 16.5. The van der Waals surface area contributed by atoms with E-state index in [0.717, 1.165) is 18.3 Å². The Hall–Kier alpha value is -1.87. The molecule has 22 heavy (non-hydrogen) atoms. The van der Waals surface area contributed by atoms with Crippen molar-refractivity contribution < 1.29 is 26.7 Å². The molecule has 0 bridgehead atoms. The number of nitrogens with zero attached hydrogens (tertiary/aromatic N) is 2. The second-order valence-corrected chi connectivity index (χ2v) is 6.68. The van der Waals surface area contributed by atoms with Crippen molar-refractivity contribution in [1.29, 1.82) is 0 Å². The third-order valence-electron chi connectivity index (χ3n) is 2.63. The van der Waals surface area contributed by atoms with Crippen LogP contribution in [0.15, 0.2) is 35.5 Å². The maximum Gasteiger partial charge on any atom is 0.433 e. The van der Waals surface area contributed by atoms with E-state index >= 15 is 0 Å².